The summed E-state index contributed by atoms with van der Waals surface area (Å²) >= 11 is 0. The Morgan fingerprint density at radius 1 is 0.909 bits per heavy atom. The molecular formula is C25H32N2O6. The van der Waals surface area contributed by atoms with Gasteiger partial charge in [0.2, 0.25) is 11.7 Å². The number of nitrogens with one attached hydrogen (secondary N) is 1. The quantitative estimate of drug-likeness (QED) is 0.657. The van der Waals surface area contributed by atoms with Gasteiger partial charge in [0.05, 0.1) is 34.4 Å². The van der Waals surface area contributed by atoms with Crippen LogP contribution in [0.4, 0.5) is 0 Å². The first-order chi connectivity index (χ1) is 15.8. The van der Waals surface area contributed by atoms with Crippen LogP contribution >= 0.6 is 0 Å². The number of benzene rings is 2. The molecule has 1 N–H and O–H groups in total. The molecule has 1 aliphatic heterocycles. The number of hydrogen-bond acceptors (Lipinski definition) is 6. The van der Waals surface area contributed by atoms with E-state index in [2.05, 4.69) is 5.32 Å². The first-order valence-corrected chi connectivity index (χ1v) is 10.9. The maximum atomic E-state index is 13.2. The van der Waals surface area contributed by atoms with E-state index in [-0.39, 0.29) is 23.8 Å². The van der Waals surface area contributed by atoms with E-state index in [1.807, 2.05) is 26.0 Å². The van der Waals surface area contributed by atoms with Crippen LogP contribution in [0.1, 0.15) is 35.7 Å². The van der Waals surface area contributed by atoms with Crippen LogP contribution in [0.5, 0.6) is 23.0 Å². The molecule has 0 unspecified atom stereocenters. The summed E-state index contributed by atoms with van der Waals surface area (Å²) < 4.78 is 21.6. The molecule has 2 atom stereocenters. The van der Waals surface area contributed by atoms with Crippen molar-refractivity contribution in [3.05, 3.63) is 47.5 Å². The van der Waals surface area contributed by atoms with Crippen molar-refractivity contribution in [2.75, 3.05) is 41.5 Å². The van der Waals surface area contributed by atoms with Crippen molar-refractivity contribution in [1.29, 1.82) is 0 Å². The number of carbonyl (C=O) groups is 2. The van der Waals surface area contributed by atoms with Gasteiger partial charge >= 0.3 is 0 Å². The monoisotopic (exact) mass is 456 g/mol. The highest BCUT2D eigenvalue weighted by atomic mass is 16.5. The molecule has 1 aliphatic rings. The number of methoxy groups -OCH3 is 4. The zero-order chi connectivity index (χ0) is 24.1. The fraction of sp³-hybridized carbons (Fsp3) is 0.440. The number of amides is 2. The average Bonchev–Trinajstić information content (AvgIpc) is 3.28. The highest BCUT2D eigenvalue weighted by Gasteiger charge is 2.41. The highest BCUT2D eigenvalue weighted by molar-refractivity contribution is 5.95. The van der Waals surface area contributed by atoms with Crippen molar-refractivity contribution in [2.24, 2.45) is 5.92 Å². The van der Waals surface area contributed by atoms with E-state index in [4.69, 9.17) is 18.9 Å². The van der Waals surface area contributed by atoms with Crippen molar-refractivity contribution in [3.8, 4) is 23.0 Å². The first kappa shape index (κ1) is 24.2. The maximum Gasteiger partial charge on any atom is 0.253 e. The van der Waals surface area contributed by atoms with E-state index in [9.17, 15) is 9.59 Å². The molecule has 8 nitrogen and oxygen atoms in total. The molecule has 0 aromatic heterocycles. The fourth-order valence-corrected chi connectivity index (χ4v) is 4.20. The predicted octanol–water partition coefficient (Wildman–Crippen LogP) is 3.10. The van der Waals surface area contributed by atoms with Crippen LogP contribution in [-0.4, -0.2) is 64.3 Å². The Morgan fingerprint density at radius 2 is 1.52 bits per heavy atom. The Labute approximate surface area is 194 Å². The molecule has 2 aromatic carbocycles. The SMILES string of the molecule is COc1ccc(C(=O)N2C[C@@H](C(=O)NC(C)C)[C@H](c3cc(OC)c(OC)c(OC)c3)C2)cc1. The molecule has 0 bridgehead atoms. The van der Waals surface area contributed by atoms with E-state index < -0.39 is 5.92 Å². The molecule has 2 aromatic rings. The summed E-state index contributed by atoms with van der Waals surface area (Å²) in [6, 6.07) is 10.7. The van der Waals surface area contributed by atoms with Gasteiger partial charge in [-0.05, 0) is 55.8 Å². The summed E-state index contributed by atoms with van der Waals surface area (Å²) in [5, 5.41) is 3.00. The lowest BCUT2D eigenvalue weighted by molar-refractivity contribution is -0.125. The lowest BCUT2D eigenvalue weighted by Crippen LogP contribution is -2.39. The van der Waals surface area contributed by atoms with Gasteiger partial charge in [-0.2, -0.15) is 0 Å². The van der Waals surface area contributed by atoms with Gasteiger partial charge in [0.1, 0.15) is 5.75 Å². The van der Waals surface area contributed by atoms with E-state index >= 15 is 0 Å². The van der Waals surface area contributed by atoms with Crippen molar-refractivity contribution >= 4 is 11.8 Å². The predicted molar refractivity (Wildman–Crippen MR) is 125 cm³/mol. The summed E-state index contributed by atoms with van der Waals surface area (Å²) in [4.78, 5) is 28.1. The summed E-state index contributed by atoms with van der Waals surface area (Å²) in [7, 11) is 6.23. The number of nitrogens with zero attached hydrogens (tertiary/aromatic N) is 1. The maximum absolute atomic E-state index is 13.2. The number of ether oxygens (including phenoxy) is 4. The lowest BCUT2D eigenvalue weighted by Gasteiger charge is -2.21. The molecule has 33 heavy (non-hydrogen) atoms. The van der Waals surface area contributed by atoms with Crippen LogP contribution in [0.2, 0.25) is 0 Å². The highest BCUT2D eigenvalue weighted by Crippen LogP contribution is 2.43. The Bertz CT molecular complexity index is 964. The Morgan fingerprint density at radius 3 is 2.00 bits per heavy atom. The third-order valence-corrected chi connectivity index (χ3v) is 5.83. The minimum Gasteiger partial charge on any atom is -0.497 e. The van der Waals surface area contributed by atoms with E-state index in [1.165, 1.54) is 0 Å². The summed E-state index contributed by atoms with van der Waals surface area (Å²) in [6.45, 7) is 4.54. The number of likely N-dealkylation sites (tertiary alicyclic amines) is 1. The molecule has 0 spiro atoms. The normalized spacial score (nSPS) is 17.6. The summed E-state index contributed by atoms with van der Waals surface area (Å²) in [5.74, 6) is 1.30. The molecule has 8 heteroatoms. The third kappa shape index (κ3) is 5.16. The van der Waals surface area contributed by atoms with Gasteiger partial charge in [-0.3, -0.25) is 9.59 Å². The molecule has 1 saturated heterocycles. The van der Waals surface area contributed by atoms with Crippen molar-refractivity contribution < 1.29 is 28.5 Å². The zero-order valence-electron chi connectivity index (χ0n) is 20.0. The van der Waals surface area contributed by atoms with Crippen LogP contribution < -0.4 is 24.3 Å². The van der Waals surface area contributed by atoms with Gasteiger partial charge in [0, 0.05) is 30.6 Å². The van der Waals surface area contributed by atoms with Gasteiger partial charge in [-0.15, -0.1) is 0 Å². The molecule has 3 rings (SSSR count). The molecular weight excluding hydrogens is 424 g/mol. The molecule has 0 saturated carbocycles. The Kier molecular flexibility index (Phi) is 7.68. The number of carbonyl (C=O) groups excluding carboxylic acids is 2. The minimum absolute atomic E-state index is 0.00979. The first-order valence-electron chi connectivity index (χ1n) is 10.9. The van der Waals surface area contributed by atoms with Crippen molar-refractivity contribution in [3.63, 3.8) is 0 Å². The van der Waals surface area contributed by atoms with Crippen LogP contribution in [0.15, 0.2) is 36.4 Å². The fourth-order valence-electron chi connectivity index (χ4n) is 4.20. The summed E-state index contributed by atoms with van der Waals surface area (Å²) in [5.41, 5.74) is 1.39. The molecule has 1 heterocycles. The molecule has 178 valence electrons. The van der Waals surface area contributed by atoms with Crippen LogP contribution in [0, 0.1) is 5.92 Å². The van der Waals surface area contributed by atoms with Crippen molar-refractivity contribution in [2.45, 2.75) is 25.8 Å². The van der Waals surface area contributed by atoms with Gasteiger partial charge in [0.15, 0.2) is 11.5 Å². The Balaban J connectivity index is 1.97. The van der Waals surface area contributed by atoms with Crippen molar-refractivity contribution in [1.82, 2.24) is 10.2 Å². The number of hydrogen-bond donors (Lipinski definition) is 1. The number of rotatable bonds is 8. The summed E-state index contributed by atoms with van der Waals surface area (Å²) in [6.07, 6.45) is 0. The van der Waals surface area contributed by atoms with Gasteiger partial charge in [0.25, 0.3) is 5.91 Å². The second kappa shape index (κ2) is 10.5. The van der Waals surface area contributed by atoms with Gasteiger partial charge in [-0.25, -0.2) is 0 Å². The third-order valence-electron chi connectivity index (χ3n) is 5.83. The van der Waals surface area contributed by atoms with Crippen LogP contribution in [0.3, 0.4) is 0 Å². The minimum atomic E-state index is -0.419. The van der Waals surface area contributed by atoms with Crippen LogP contribution in [0.25, 0.3) is 0 Å². The standard InChI is InChI=1S/C25H32N2O6/c1-15(2)26-24(28)20-14-27(25(29)16-7-9-18(30-3)10-8-16)13-19(20)17-11-21(31-4)23(33-6)22(12-17)32-5/h7-12,15,19-20H,13-14H2,1-6H3,(H,26,28)/t19-,20+/m0/s1. The smallest absolute Gasteiger partial charge is 0.253 e. The molecule has 1 fully saturated rings. The Hall–Kier alpha value is -3.42. The van der Waals surface area contributed by atoms with E-state index in [0.29, 0.717) is 41.7 Å². The zero-order valence-corrected chi connectivity index (χ0v) is 20.0. The van der Waals surface area contributed by atoms with Gasteiger partial charge < -0.3 is 29.2 Å². The average molecular weight is 457 g/mol. The molecule has 0 aliphatic carbocycles. The largest absolute Gasteiger partial charge is 0.497 e. The van der Waals surface area contributed by atoms with Gasteiger partial charge in [-0.1, -0.05) is 0 Å². The second-order valence-electron chi connectivity index (χ2n) is 8.27. The van der Waals surface area contributed by atoms with E-state index in [1.54, 1.807) is 57.6 Å². The molecule has 0 radical (unpaired) electrons. The van der Waals surface area contributed by atoms with E-state index in [0.717, 1.165) is 5.56 Å². The lowest BCUT2D eigenvalue weighted by atomic mass is 9.87. The topological polar surface area (TPSA) is 86.3 Å². The molecule has 2 amide bonds. The second-order valence-corrected chi connectivity index (χ2v) is 8.27. The van der Waals surface area contributed by atoms with Crippen LogP contribution in [-0.2, 0) is 4.79 Å².